The molecule has 1 N–H and O–H groups in total. The van der Waals surface area contributed by atoms with Gasteiger partial charge in [0.15, 0.2) is 0 Å². The molecule has 1 amide bonds. The Morgan fingerprint density at radius 2 is 1.65 bits per heavy atom. The van der Waals surface area contributed by atoms with E-state index in [2.05, 4.69) is 45.0 Å². The Bertz CT molecular complexity index is 1250. The van der Waals surface area contributed by atoms with E-state index in [0.717, 1.165) is 42.6 Å². The molecule has 194 valence electrons. The lowest BCUT2D eigenvalue weighted by atomic mass is 9.86. The molecule has 4 rings (SSSR count). The molecule has 0 fully saturated rings. The molecule has 6 heteroatoms. The molecule has 5 nitrogen and oxygen atoms in total. The molecule has 1 aliphatic rings. The second-order valence-electron chi connectivity index (χ2n) is 10.6. The van der Waals surface area contributed by atoms with Crippen LogP contribution in [0.4, 0.5) is 0 Å². The maximum atomic E-state index is 13.3. The van der Waals surface area contributed by atoms with Crippen LogP contribution in [0.5, 0.6) is 5.75 Å². The molecule has 1 heterocycles. The molecule has 3 aromatic carbocycles. The Hall–Kier alpha value is -3.31. The van der Waals surface area contributed by atoms with Crippen molar-refractivity contribution in [1.82, 2.24) is 4.90 Å². The molecule has 0 radical (unpaired) electrons. The van der Waals surface area contributed by atoms with Crippen molar-refractivity contribution in [2.45, 2.75) is 58.6 Å². The Morgan fingerprint density at radius 3 is 2.30 bits per heavy atom. The standard InChI is InChI=1S/C31H34ClNO4/c1-21(2)16-22-4-6-23(7-5-22)18-31(3)15-14-25-17-26(10-13-28(25)37-31)30(36)33(20-29(34)35)19-24-8-11-27(32)12-9-24/h4-13,17,21H,14-16,18-20H2,1-3H3,(H,34,35)/t31-/m1/s1. The van der Waals surface area contributed by atoms with Gasteiger partial charge in [0.05, 0.1) is 0 Å². The zero-order valence-corrected chi connectivity index (χ0v) is 22.4. The molecule has 37 heavy (non-hydrogen) atoms. The number of amides is 1. The van der Waals surface area contributed by atoms with Gasteiger partial charge in [0.2, 0.25) is 0 Å². The van der Waals surface area contributed by atoms with Gasteiger partial charge in [-0.1, -0.05) is 61.8 Å². The number of halogens is 1. The minimum absolute atomic E-state index is 0.184. The van der Waals surface area contributed by atoms with Crippen LogP contribution in [0.15, 0.2) is 66.7 Å². The minimum Gasteiger partial charge on any atom is -0.487 e. The van der Waals surface area contributed by atoms with Gasteiger partial charge in [-0.3, -0.25) is 9.59 Å². The van der Waals surface area contributed by atoms with Crippen LogP contribution in [-0.4, -0.2) is 34.0 Å². The van der Waals surface area contributed by atoms with Crippen molar-refractivity contribution in [2.75, 3.05) is 6.54 Å². The molecule has 1 atom stereocenters. The number of aryl methyl sites for hydroxylation is 1. The lowest BCUT2D eigenvalue weighted by molar-refractivity contribution is -0.137. The van der Waals surface area contributed by atoms with E-state index in [1.54, 1.807) is 30.3 Å². The van der Waals surface area contributed by atoms with Gasteiger partial charge in [0.1, 0.15) is 17.9 Å². The first kappa shape index (κ1) is 26.7. The zero-order chi connectivity index (χ0) is 26.6. The van der Waals surface area contributed by atoms with E-state index in [-0.39, 0.29) is 24.6 Å². The first-order valence-corrected chi connectivity index (χ1v) is 13.1. The summed E-state index contributed by atoms with van der Waals surface area (Å²) in [6.07, 6.45) is 3.50. The summed E-state index contributed by atoms with van der Waals surface area (Å²) in [5.74, 6) is 0.0303. The third kappa shape index (κ3) is 7.14. The van der Waals surface area contributed by atoms with Crippen LogP contribution in [0.1, 0.15) is 59.8 Å². The van der Waals surface area contributed by atoms with Crippen molar-refractivity contribution in [3.8, 4) is 5.75 Å². The number of carboxylic acids is 1. The van der Waals surface area contributed by atoms with Crippen molar-refractivity contribution in [3.05, 3.63) is 99.6 Å². The Balaban J connectivity index is 1.46. The quantitative estimate of drug-likeness (QED) is 0.346. The summed E-state index contributed by atoms with van der Waals surface area (Å²) >= 11 is 5.96. The summed E-state index contributed by atoms with van der Waals surface area (Å²) in [5.41, 5.74) is 4.51. The highest BCUT2D eigenvalue weighted by atomic mass is 35.5. The molecular formula is C31H34ClNO4. The molecule has 0 aromatic heterocycles. The van der Waals surface area contributed by atoms with Crippen molar-refractivity contribution in [1.29, 1.82) is 0 Å². The Kier molecular flexibility index (Phi) is 8.23. The van der Waals surface area contributed by atoms with E-state index >= 15 is 0 Å². The van der Waals surface area contributed by atoms with E-state index in [9.17, 15) is 14.7 Å². The summed E-state index contributed by atoms with van der Waals surface area (Å²) in [7, 11) is 0. The van der Waals surface area contributed by atoms with Gasteiger partial charge in [-0.15, -0.1) is 0 Å². The van der Waals surface area contributed by atoms with E-state index in [0.29, 0.717) is 16.5 Å². The van der Waals surface area contributed by atoms with Gasteiger partial charge in [0, 0.05) is 23.6 Å². The molecule has 0 saturated carbocycles. The third-order valence-electron chi connectivity index (χ3n) is 6.73. The fourth-order valence-electron chi connectivity index (χ4n) is 4.90. The van der Waals surface area contributed by atoms with Gasteiger partial charge in [-0.25, -0.2) is 0 Å². The summed E-state index contributed by atoms with van der Waals surface area (Å²) in [6.45, 7) is 6.39. The Labute approximate surface area is 224 Å². The van der Waals surface area contributed by atoms with Gasteiger partial charge in [0.25, 0.3) is 5.91 Å². The number of carbonyl (C=O) groups excluding carboxylic acids is 1. The van der Waals surface area contributed by atoms with Crippen molar-refractivity contribution in [3.63, 3.8) is 0 Å². The SMILES string of the molecule is CC(C)Cc1ccc(C[C@@]2(C)CCc3cc(C(=O)N(CC(=O)O)Cc4ccc(Cl)cc4)ccc3O2)cc1. The molecule has 0 aliphatic carbocycles. The van der Waals surface area contributed by atoms with Crippen molar-refractivity contribution in [2.24, 2.45) is 5.92 Å². The monoisotopic (exact) mass is 519 g/mol. The van der Waals surface area contributed by atoms with Crippen LogP contribution in [0.25, 0.3) is 0 Å². The van der Waals surface area contributed by atoms with Crippen LogP contribution in [0.2, 0.25) is 5.02 Å². The largest absolute Gasteiger partial charge is 0.487 e. The van der Waals surface area contributed by atoms with Crippen LogP contribution in [-0.2, 0) is 30.6 Å². The lowest BCUT2D eigenvalue weighted by Crippen LogP contribution is -2.39. The molecule has 0 saturated heterocycles. The summed E-state index contributed by atoms with van der Waals surface area (Å²) in [4.78, 5) is 26.1. The van der Waals surface area contributed by atoms with Crippen LogP contribution >= 0.6 is 11.6 Å². The molecular weight excluding hydrogens is 486 g/mol. The maximum Gasteiger partial charge on any atom is 0.323 e. The predicted molar refractivity (Wildman–Crippen MR) is 146 cm³/mol. The molecule has 3 aromatic rings. The van der Waals surface area contributed by atoms with Crippen molar-refractivity contribution < 1.29 is 19.4 Å². The van der Waals surface area contributed by atoms with Crippen LogP contribution in [0.3, 0.4) is 0 Å². The van der Waals surface area contributed by atoms with E-state index in [1.165, 1.54) is 16.0 Å². The summed E-state index contributed by atoms with van der Waals surface area (Å²) in [6, 6.07) is 21.3. The van der Waals surface area contributed by atoms with E-state index < -0.39 is 5.97 Å². The van der Waals surface area contributed by atoms with Crippen molar-refractivity contribution >= 4 is 23.5 Å². The number of hydrogen-bond donors (Lipinski definition) is 1. The second-order valence-corrected chi connectivity index (χ2v) is 11.1. The number of fused-ring (bicyclic) bond motifs is 1. The number of benzene rings is 3. The number of carboxylic acid groups (broad SMARTS) is 1. The molecule has 0 bridgehead atoms. The zero-order valence-electron chi connectivity index (χ0n) is 21.7. The number of carbonyl (C=O) groups is 2. The Morgan fingerprint density at radius 1 is 1.00 bits per heavy atom. The number of rotatable bonds is 9. The van der Waals surface area contributed by atoms with Gasteiger partial charge >= 0.3 is 5.97 Å². The number of nitrogens with zero attached hydrogens (tertiary/aromatic N) is 1. The number of aliphatic carboxylic acids is 1. The lowest BCUT2D eigenvalue weighted by Gasteiger charge is -2.36. The van der Waals surface area contributed by atoms with Gasteiger partial charge in [-0.2, -0.15) is 0 Å². The number of hydrogen-bond acceptors (Lipinski definition) is 3. The first-order valence-electron chi connectivity index (χ1n) is 12.8. The van der Waals surface area contributed by atoms with Gasteiger partial charge in [-0.05, 0) is 84.7 Å². The van der Waals surface area contributed by atoms with E-state index in [1.807, 2.05) is 12.1 Å². The topological polar surface area (TPSA) is 66.8 Å². The van der Waals surface area contributed by atoms with E-state index in [4.69, 9.17) is 16.3 Å². The first-order chi connectivity index (χ1) is 17.6. The fourth-order valence-corrected chi connectivity index (χ4v) is 5.03. The van der Waals surface area contributed by atoms with Gasteiger partial charge < -0.3 is 14.7 Å². The molecule has 1 aliphatic heterocycles. The third-order valence-corrected chi connectivity index (χ3v) is 6.98. The minimum atomic E-state index is -1.06. The summed E-state index contributed by atoms with van der Waals surface area (Å²) in [5, 5.41) is 9.98. The maximum absolute atomic E-state index is 13.3. The average molecular weight is 520 g/mol. The normalized spacial score (nSPS) is 16.7. The highest BCUT2D eigenvalue weighted by Gasteiger charge is 2.32. The fraction of sp³-hybridized carbons (Fsp3) is 0.355. The van der Waals surface area contributed by atoms with Crippen LogP contribution in [0, 0.1) is 5.92 Å². The summed E-state index contributed by atoms with van der Waals surface area (Å²) < 4.78 is 6.45. The van der Waals surface area contributed by atoms with Crippen LogP contribution < -0.4 is 4.74 Å². The highest BCUT2D eigenvalue weighted by Crippen LogP contribution is 2.36. The smallest absolute Gasteiger partial charge is 0.323 e. The molecule has 0 spiro atoms. The predicted octanol–water partition coefficient (Wildman–Crippen LogP) is 6.59. The average Bonchev–Trinajstić information content (AvgIpc) is 2.85. The number of ether oxygens (including phenoxy) is 1. The second kappa shape index (κ2) is 11.4. The molecule has 0 unspecified atom stereocenters. The highest BCUT2D eigenvalue weighted by molar-refractivity contribution is 6.30.